The van der Waals surface area contributed by atoms with E-state index in [1.165, 1.54) is 0 Å². The quantitative estimate of drug-likeness (QED) is 0.384. The van der Waals surface area contributed by atoms with E-state index in [1.54, 1.807) is 12.2 Å². The first-order valence-electron chi connectivity index (χ1n) is 4.98. The van der Waals surface area contributed by atoms with Gasteiger partial charge in [0.05, 0.1) is 13.2 Å². The van der Waals surface area contributed by atoms with Crippen molar-refractivity contribution in [3.8, 4) is 0 Å². The molecule has 0 aliphatic rings. The second kappa shape index (κ2) is 17.9. The standard InChI is InChI=1S/C6H10O.C4H10O.H3O4P/c1-3-5-7-6-4-2;1-3-5-4-2;1-5(2,3)4/h3-4H,1-2,5-6H2;3-4H2,1-2H3;(H3,1,2,3,4). The molecule has 3 N–H and O–H groups in total. The van der Waals surface area contributed by atoms with E-state index in [0.717, 1.165) is 13.2 Å². The monoisotopic (exact) mass is 270 g/mol. The van der Waals surface area contributed by atoms with Gasteiger partial charge in [-0.1, -0.05) is 12.2 Å². The van der Waals surface area contributed by atoms with E-state index in [-0.39, 0.29) is 0 Å². The van der Waals surface area contributed by atoms with E-state index in [0.29, 0.717) is 13.2 Å². The predicted molar refractivity (Wildman–Crippen MR) is 67.6 cm³/mol. The summed E-state index contributed by atoms with van der Waals surface area (Å²) >= 11 is 0. The zero-order chi connectivity index (χ0) is 14.2. The molecule has 0 radical (unpaired) electrons. The Labute approximate surface area is 103 Å². The van der Waals surface area contributed by atoms with Crippen molar-refractivity contribution in [1.29, 1.82) is 0 Å². The van der Waals surface area contributed by atoms with Gasteiger partial charge >= 0.3 is 7.82 Å². The normalized spacial score (nSPS) is 9.24. The molecule has 0 aromatic carbocycles. The molecule has 0 amide bonds. The molecule has 0 atom stereocenters. The van der Waals surface area contributed by atoms with Gasteiger partial charge in [-0.15, -0.1) is 13.2 Å². The van der Waals surface area contributed by atoms with Gasteiger partial charge in [0.1, 0.15) is 0 Å². The van der Waals surface area contributed by atoms with Crippen molar-refractivity contribution in [1.82, 2.24) is 0 Å². The lowest BCUT2D eigenvalue weighted by Crippen LogP contribution is -1.87. The van der Waals surface area contributed by atoms with Crippen molar-refractivity contribution in [2.24, 2.45) is 0 Å². The van der Waals surface area contributed by atoms with Gasteiger partial charge in [-0.05, 0) is 13.8 Å². The molecule has 0 unspecified atom stereocenters. The van der Waals surface area contributed by atoms with Crippen LogP contribution in [0, 0.1) is 0 Å². The molecule has 0 fully saturated rings. The Bertz CT molecular complexity index is 183. The van der Waals surface area contributed by atoms with E-state index in [2.05, 4.69) is 13.2 Å². The second-order valence-corrected chi connectivity index (χ2v) is 3.44. The van der Waals surface area contributed by atoms with Crippen LogP contribution >= 0.6 is 7.82 Å². The maximum Gasteiger partial charge on any atom is 0.466 e. The topological polar surface area (TPSA) is 96.2 Å². The van der Waals surface area contributed by atoms with Crippen molar-refractivity contribution in [3.63, 3.8) is 0 Å². The predicted octanol–water partition coefficient (Wildman–Crippen LogP) is 1.49. The summed E-state index contributed by atoms with van der Waals surface area (Å²) in [6.07, 6.45) is 3.42. The van der Waals surface area contributed by atoms with Crippen LogP contribution in [-0.2, 0) is 14.0 Å². The fourth-order valence-corrected chi connectivity index (χ4v) is 0.439. The number of rotatable bonds is 6. The Kier molecular flexibility index (Phi) is 22.9. The van der Waals surface area contributed by atoms with Crippen LogP contribution < -0.4 is 0 Å². The number of hydrogen-bond donors (Lipinski definition) is 3. The molecule has 0 bridgehead atoms. The highest BCUT2D eigenvalue weighted by molar-refractivity contribution is 7.45. The van der Waals surface area contributed by atoms with Gasteiger partial charge in [-0.3, -0.25) is 0 Å². The number of ether oxygens (including phenoxy) is 2. The van der Waals surface area contributed by atoms with Crippen molar-refractivity contribution < 1.29 is 28.7 Å². The van der Waals surface area contributed by atoms with Gasteiger partial charge in [-0.25, -0.2) is 4.57 Å². The van der Waals surface area contributed by atoms with E-state index < -0.39 is 7.82 Å². The summed E-state index contributed by atoms with van der Waals surface area (Å²) in [5, 5.41) is 0. The maximum atomic E-state index is 8.88. The molecule has 6 nitrogen and oxygen atoms in total. The van der Waals surface area contributed by atoms with Crippen molar-refractivity contribution in [2.45, 2.75) is 13.8 Å². The van der Waals surface area contributed by atoms with Crippen molar-refractivity contribution >= 4 is 7.82 Å². The molecular weight excluding hydrogens is 247 g/mol. The Morgan fingerprint density at radius 3 is 1.41 bits per heavy atom. The van der Waals surface area contributed by atoms with Crippen molar-refractivity contribution in [2.75, 3.05) is 26.4 Å². The van der Waals surface area contributed by atoms with E-state index in [9.17, 15) is 0 Å². The maximum absolute atomic E-state index is 8.88. The minimum atomic E-state index is -4.64. The SMILES string of the molecule is C=CCOCC=C.CCOCC.O=P(O)(O)O. The summed E-state index contributed by atoms with van der Waals surface area (Å²) in [7, 11) is -4.64. The van der Waals surface area contributed by atoms with Crippen LogP contribution in [0.4, 0.5) is 0 Å². The molecule has 0 aliphatic carbocycles. The number of hydrogen-bond acceptors (Lipinski definition) is 3. The molecule has 7 heteroatoms. The smallest absolute Gasteiger partial charge is 0.382 e. The first-order valence-corrected chi connectivity index (χ1v) is 6.55. The van der Waals surface area contributed by atoms with Crippen LogP contribution in [0.25, 0.3) is 0 Å². The number of phosphoric acid groups is 1. The fourth-order valence-electron chi connectivity index (χ4n) is 0.439. The lowest BCUT2D eigenvalue weighted by molar-refractivity contribution is 0.162. The Morgan fingerprint density at radius 1 is 1.00 bits per heavy atom. The Hall–Kier alpha value is -0.490. The van der Waals surface area contributed by atoms with Gasteiger partial charge in [0.15, 0.2) is 0 Å². The second-order valence-electron chi connectivity index (χ2n) is 2.41. The van der Waals surface area contributed by atoms with E-state index in [1.807, 2.05) is 13.8 Å². The van der Waals surface area contributed by atoms with Gasteiger partial charge in [0, 0.05) is 13.2 Å². The Morgan fingerprint density at radius 2 is 1.29 bits per heavy atom. The molecule has 0 saturated heterocycles. The van der Waals surface area contributed by atoms with Gasteiger partial charge < -0.3 is 24.2 Å². The van der Waals surface area contributed by atoms with Crippen LogP contribution in [0.5, 0.6) is 0 Å². The summed E-state index contributed by atoms with van der Waals surface area (Å²) in [6.45, 7) is 13.8. The summed E-state index contributed by atoms with van der Waals surface area (Å²) < 4.78 is 18.6. The van der Waals surface area contributed by atoms with Crippen molar-refractivity contribution in [3.05, 3.63) is 25.3 Å². The average molecular weight is 270 g/mol. The molecule has 0 rings (SSSR count). The van der Waals surface area contributed by atoms with Gasteiger partial charge in [0.2, 0.25) is 0 Å². The van der Waals surface area contributed by atoms with E-state index >= 15 is 0 Å². The third kappa shape index (κ3) is 93.2. The summed E-state index contributed by atoms with van der Waals surface area (Å²) in [6, 6.07) is 0. The minimum Gasteiger partial charge on any atom is -0.382 e. The van der Waals surface area contributed by atoms with Crippen LogP contribution in [-0.4, -0.2) is 41.1 Å². The van der Waals surface area contributed by atoms with Crippen LogP contribution in [0.1, 0.15) is 13.8 Å². The molecular formula is C10H23O6P. The molecule has 0 heterocycles. The van der Waals surface area contributed by atoms with Gasteiger partial charge in [-0.2, -0.15) is 0 Å². The highest BCUT2D eigenvalue weighted by Gasteiger charge is 2.00. The first kappa shape index (κ1) is 21.8. The molecule has 17 heavy (non-hydrogen) atoms. The Balaban J connectivity index is -0.000000177. The molecule has 0 aromatic rings. The largest absolute Gasteiger partial charge is 0.466 e. The molecule has 0 spiro atoms. The third-order valence-corrected chi connectivity index (χ3v) is 0.880. The summed E-state index contributed by atoms with van der Waals surface area (Å²) in [4.78, 5) is 21.6. The molecule has 0 aromatic heterocycles. The van der Waals surface area contributed by atoms with Gasteiger partial charge in [0.25, 0.3) is 0 Å². The summed E-state index contributed by atoms with van der Waals surface area (Å²) in [5.41, 5.74) is 0. The summed E-state index contributed by atoms with van der Waals surface area (Å²) in [5.74, 6) is 0. The highest BCUT2D eigenvalue weighted by atomic mass is 31.2. The molecule has 0 saturated carbocycles. The van der Waals surface area contributed by atoms with E-state index in [4.69, 9.17) is 28.7 Å². The lowest BCUT2D eigenvalue weighted by Gasteiger charge is -1.89. The highest BCUT2D eigenvalue weighted by Crippen LogP contribution is 2.25. The third-order valence-electron chi connectivity index (χ3n) is 0.880. The van der Waals surface area contributed by atoms with Crippen LogP contribution in [0.3, 0.4) is 0 Å². The fraction of sp³-hybridized carbons (Fsp3) is 0.600. The van der Waals surface area contributed by atoms with Crippen LogP contribution in [0.2, 0.25) is 0 Å². The lowest BCUT2D eigenvalue weighted by atomic mass is 10.6. The molecule has 104 valence electrons. The zero-order valence-corrected chi connectivity index (χ0v) is 11.3. The molecule has 0 aliphatic heterocycles. The van der Waals surface area contributed by atoms with Crippen LogP contribution in [0.15, 0.2) is 25.3 Å². The minimum absolute atomic E-state index is 0.617. The average Bonchev–Trinajstić information content (AvgIpc) is 2.18. The first-order chi connectivity index (χ1) is 7.83. The zero-order valence-electron chi connectivity index (χ0n) is 10.4.